The molecule has 0 bridgehead atoms. The van der Waals surface area contributed by atoms with E-state index in [4.69, 9.17) is 0 Å². The lowest BCUT2D eigenvalue weighted by Gasteiger charge is -2.32. The summed E-state index contributed by atoms with van der Waals surface area (Å²) in [7, 11) is 2.14. The molecule has 2 fully saturated rings. The third-order valence-corrected chi connectivity index (χ3v) is 3.57. The van der Waals surface area contributed by atoms with Crippen molar-refractivity contribution < 1.29 is 9.59 Å². The summed E-state index contributed by atoms with van der Waals surface area (Å²) in [5.41, 5.74) is 0. The second kappa shape index (κ2) is 5.60. The first-order chi connectivity index (χ1) is 8.15. The number of carbonyl (C=O) groups excluding carboxylic acids is 2. The quantitative estimate of drug-likeness (QED) is 0.616. The maximum atomic E-state index is 11.4. The summed E-state index contributed by atoms with van der Waals surface area (Å²) in [4.78, 5) is 28.9. The molecule has 0 N–H and O–H groups in total. The van der Waals surface area contributed by atoms with Gasteiger partial charge in [0.15, 0.2) is 5.78 Å². The van der Waals surface area contributed by atoms with Gasteiger partial charge in [-0.1, -0.05) is 0 Å². The van der Waals surface area contributed by atoms with Crippen molar-refractivity contribution in [2.75, 3.05) is 52.9 Å². The SMILES string of the molecule is CN1CCN(CCCN2CC(=O)CC2=O)CC1. The Kier molecular flexibility index (Phi) is 4.12. The first-order valence-electron chi connectivity index (χ1n) is 6.35. The predicted molar refractivity (Wildman–Crippen MR) is 64.8 cm³/mol. The molecule has 1 amide bonds. The average molecular weight is 239 g/mol. The highest BCUT2D eigenvalue weighted by atomic mass is 16.2. The Bertz CT molecular complexity index is 298. The molecule has 96 valence electrons. The molecule has 0 radical (unpaired) electrons. The van der Waals surface area contributed by atoms with Gasteiger partial charge < -0.3 is 14.7 Å². The number of likely N-dealkylation sites (tertiary alicyclic amines) is 1. The second-order valence-corrected chi connectivity index (χ2v) is 5.03. The zero-order valence-electron chi connectivity index (χ0n) is 10.5. The largest absolute Gasteiger partial charge is 0.335 e. The van der Waals surface area contributed by atoms with Crippen LogP contribution < -0.4 is 0 Å². The van der Waals surface area contributed by atoms with Gasteiger partial charge in [0.05, 0.1) is 13.0 Å². The summed E-state index contributed by atoms with van der Waals surface area (Å²) in [6.07, 6.45) is 1.09. The minimum absolute atomic E-state index is 0.00776. The fourth-order valence-electron chi connectivity index (χ4n) is 2.40. The van der Waals surface area contributed by atoms with E-state index in [2.05, 4.69) is 16.8 Å². The van der Waals surface area contributed by atoms with Crippen LogP contribution in [0.3, 0.4) is 0 Å². The number of rotatable bonds is 4. The maximum absolute atomic E-state index is 11.4. The summed E-state index contributed by atoms with van der Waals surface area (Å²) in [5.74, 6) is 0.0722. The third-order valence-electron chi connectivity index (χ3n) is 3.57. The van der Waals surface area contributed by atoms with Crippen molar-refractivity contribution in [2.45, 2.75) is 12.8 Å². The standard InChI is InChI=1S/C12H21N3O2/c1-13-5-7-14(8-6-13)3-2-4-15-10-11(16)9-12(15)17/h2-10H2,1H3. The number of hydrogen-bond donors (Lipinski definition) is 0. The van der Waals surface area contributed by atoms with E-state index in [1.54, 1.807) is 4.90 Å². The zero-order chi connectivity index (χ0) is 12.3. The molecule has 0 aliphatic carbocycles. The summed E-state index contributed by atoms with van der Waals surface area (Å²) in [5, 5.41) is 0. The van der Waals surface area contributed by atoms with Crippen LogP contribution in [-0.2, 0) is 9.59 Å². The Balaban J connectivity index is 1.63. The first kappa shape index (κ1) is 12.5. The fourth-order valence-corrected chi connectivity index (χ4v) is 2.40. The van der Waals surface area contributed by atoms with E-state index in [9.17, 15) is 9.59 Å². The number of piperazine rings is 1. The van der Waals surface area contributed by atoms with Crippen LogP contribution in [0.1, 0.15) is 12.8 Å². The van der Waals surface area contributed by atoms with Crippen molar-refractivity contribution in [3.63, 3.8) is 0 Å². The van der Waals surface area contributed by atoms with Gasteiger partial charge in [-0.05, 0) is 20.0 Å². The van der Waals surface area contributed by atoms with Gasteiger partial charge in [0.25, 0.3) is 0 Å². The first-order valence-corrected chi connectivity index (χ1v) is 6.35. The number of ketones is 1. The van der Waals surface area contributed by atoms with Crippen molar-refractivity contribution in [1.82, 2.24) is 14.7 Å². The average Bonchev–Trinajstić information content (AvgIpc) is 2.60. The molecule has 0 atom stereocenters. The normalized spacial score (nSPS) is 23.7. The van der Waals surface area contributed by atoms with Crippen molar-refractivity contribution in [2.24, 2.45) is 0 Å². The van der Waals surface area contributed by atoms with Crippen molar-refractivity contribution >= 4 is 11.7 Å². The molecule has 17 heavy (non-hydrogen) atoms. The van der Waals surface area contributed by atoms with Crippen molar-refractivity contribution in [3.8, 4) is 0 Å². The van der Waals surface area contributed by atoms with E-state index in [1.807, 2.05) is 0 Å². The molecule has 0 aromatic rings. The van der Waals surface area contributed by atoms with Gasteiger partial charge in [0.2, 0.25) is 5.91 Å². The Labute approximate surface area is 102 Å². The molecule has 5 heteroatoms. The topological polar surface area (TPSA) is 43.9 Å². The van der Waals surface area contributed by atoms with Crippen LogP contribution in [-0.4, -0.2) is 79.3 Å². The van der Waals surface area contributed by atoms with Crippen LogP contribution >= 0.6 is 0 Å². The number of likely N-dealkylation sites (N-methyl/N-ethyl adjacent to an activating group) is 1. The number of hydrogen-bond acceptors (Lipinski definition) is 4. The number of carbonyl (C=O) groups is 2. The van der Waals surface area contributed by atoms with Gasteiger partial charge in [0, 0.05) is 32.7 Å². The van der Waals surface area contributed by atoms with Gasteiger partial charge in [-0.15, -0.1) is 0 Å². The van der Waals surface area contributed by atoms with Crippen molar-refractivity contribution in [3.05, 3.63) is 0 Å². The van der Waals surface area contributed by atoms with E-state index >= 15 is 0 Å². The lowest BCUT2D eigenvalue weighted by molar-refractivity contribution is -0.127. The van der Waals surface area contributed by atoms with E-state index in [0.717, 1.165) is 45.7 Å². The van der Waals surface area contributed by atoms with Crippen LogP contribution in [0.4, 0.5) is 0 Å². The summed E-state index contributed by atoms with van der Waals surface area (Å²) >= 11 is 0. The number of nitrogens with zero attached hydrogens (tertiary/aromatic N) is 3. The molecule has 2 saturated heterocycles. The van der Waals surface area contributed by atoms with E-state index in [-0.39, 0.29) is 18.1 Å². The smallest absolute Gasteiger partial charge is 0.230 e. The fraction of sp³-hybridized carbons (Fsp3) is 0.833. The van der Waals surface area contributed by atoms with Gasteiger partial charge in [-0.3, -0.25) is 9.59 Å². The van der Waals surface area contributed by atoms with Crippen molar-refractivity contribution in [1.29, 1.82) is 0 Å². The Morgan fingerprint density at radius 1 is 1.06 bits per heavy atom. The molecule has 2 rings (SSSR count). The molecule has 0 unspecified atom stereocenters. The Morgan fingerprint density at radius 2 is 1.76 bits per heavy atom. The molecule has 0 saturated carbocycles. The lowest BCUT2D eigenvalue weighted by Crippen LogP contribution is -2.45. The monoisotopic (exact) mass is 239 g/mol. The summed E-state index contributed by atoms with van der Waals surface area (Å²) in [6, 6.07) is 0. The van der Waals surface area contributed by atoms with E-state index < -0.39 is 0 Å². The molecule has 2 aliphatic rings. The third kappa shape index (κ3) is 3.51. The van der Waals surface area contributed by atoms with Crippen LogP contribution in [0.2, 0.25) is 0 Å². The highest BCUT2D eigenvalue weighted by Crippen LogP contribution is 2.07. The minimum atomic E-state index is 0.00776. The van der Waals surface area contributed by atoms with Gasteiger partial charge in [0.1, 0.15) is 0 Å². The van der Waals surface area contributed by atoms with Gasteiger partial charge in [-0.25, -0.2) is 0 Å². The highest BCUT2D eigenvalue weighted by Gasteiger charge is 2.26. The maximum Gasteiger partial charge on any atom is 0.230 e. The minimum Gasteiger partial charge on any atom is -0.335 e. The molecule has 2 heterocycles. The van der Waals surface area contributed by atoms with Crippen LogP contribution in [0.25, 0.3) is 0 Å². The van der Waals surface area contributed by atoms with E-state index in [0.29, 0.717) is 6.54 Å². The highest BCUT2D eigenvalue weighted by molar-refractivity contribution is 6.05. The summed E-state index contributed by atoms with van der Waals surface area (Å²) in [6.45, 7) is 6.58. The molecule has 5 nitrogen and oxygen atoms in total. The van der Waals surface area contributed by atoms with Gasteiger partial charge >= 0.3 is 0 Å². The molecule has 2 aliphatic heterocycles. The Morgan fingerprint density at radius 3 is 2.35 bits per heavy atom. The zero-order valence-corrected chi connectivity index (χ0v) is 10.5. The van der Waals surface area contributed by atoms with Crippen LogP contribution in [0.5, 0.6) is 0 Å². The molecular weight excluding hydrogens is 218 g/mol. The lowest BCUT2D eigenvalue weighted by atomic mass is 10.3. The molecule has 0 aromatic carbocycles. The second-order valence-electron chi connectivity index (χ2n) is 5.03. The Hall–Kier alpha value is -0.940. The van der Waals surface area contributed by atoms with Crippen LogP contribution in [0, 0.1) is 0 Å². The van der Waals surface area contributed by atoms with Crippen LogP contribution in [0.15, 0.2) is 0 Å². The molecular formula is C12H21N3O2. The van der Waals surface area contributed by atoms with E-state index in [1.165, 1.54) is 0 Å². The summed E-state index contributed by atoms with van der Waals surface area (Å²) < 4.78 is 0. The molecule has 0 aromatic heterocycles. The number of amides is 1. The van der Waals surface area contributed by atoms with Gasteiger partial charge in [-0.2, -0.15) is 0 Å². The predicted octanol–water partition coefficient (Wildman–Crippen LogP) is -0.575. The molecule has 0 spiro atoms. The number of Topliss-reactive ketones (excluding diaryl/α,β-unsaturated/α-hetero) is 1.